The maximum absolute atomic E-state index is 14.2. The molecule has 3 aliphatic rings. The van der Waals surface area contributed by atoms with Crippen LogP contribution in [-0.4, -0.2) is 92.8 Å². The van der Waals surface area contributed by atoms with Crippen LogP contribution in [0.3, 0.4) is 0 Å². The Balaban J connectivity index is 1.98. The highest BCUT2D eigenvalue weighted by Crippen LogP contribution is 2.55. The number of rotatable bonds is 4. The fourth-order valence-corrected chi connectivity index (χ4v) is 7.03. The number of hydrogen-bond acceptors (Lipinski definition) is 14. The van der Waals surface area contributed by atoms with Crippen LogP contribution in [0.15, 0.2) is 41.2 Å². The molecule has 0 saturated carbocycles. The average Bonchev–Trinajstić information content (AvgIpc) is 3.41. The van der Waals surface area contributed by atoms with Crippen LogP contribution in [0.2, 0.25) is 0 Å². The molecule has 17 heteroatoms. The van der Waals surface area contributed by atoms with Crippen molar-refractivity contribution in [1.29, 1.82) is 0 Å². The van der Waals surface area contributed by atoms with E-state index in [2.05, 4.69) is 10.4 Å². The fourth-order valence-electron chi connectivity index (χ4n) is 7.03. The summed E-state index contributed by atoms with van der Waals surface area (Å²) in [6.07, 6.45) is 4.02. The summed E-state index contributed by atoms with van der Waals surface area (Å²) in [5.74, 6) is -9.24. The van der Waals surface area contributed by atoms with Gasteiger partial charge in [0, 0.05) is 61.2 Å². The monoisotopic (exact) mass is 782 g/mol. The van der Waals surface area contributed by atoms with Gasteiger partial charge in [0.2, 0.25) is 0 Å². The zero-order valence-electron chi connectivity index (χ0n) is 32.6. The average molecular weight is 783 g/mol. The van der Waals surface area contributed by atoms with Crippen LogP contribution < -0.4 is 21.2 Å². The third-order valence-electron chi connectivity index (χ3n) is 10.4. The van der Waals surface area contributed by atoms with Crippen molar-refractivity contribution in [2.24, 2.45) is 34.5 Å². The van der Waals surface area contributed by atoms with Crippen LogP contribution in [0.4, 0.5) is 10.5 Å². The number of nitrogens with two attached hydrogens (primary N) is 1. The molecule has 3 amide bonds. The maximum atomic E-state index is 14.2. The molecule has 304 valence electrons. The van der Waals surface area contributed by atoms with E-state index in [4.69, 9.17) is 24.7 Å². The Kier molecular flexibility index (Phi) is 13.1. The number of carbonyl (C=O) groups excluding carboxylic acids is 4. The van der Waals surface area contributed by atoms with Crippen LogP contribution in [0.5, 0.6) is 23.0 Å². The molecule has 9 unspecified atom stereocenters. The number of carbonyl (C=O) groups is 4. The van der Waals surface area contributed by atoms with Crippen molar-refractivity contribution < 1.29 is 63.7 Å². The summed E-state index contributed by atoms with van der Waals surface area (Å²) in [5.41, 5.74) is 6.04. The summed E-state index contributed by atoms with van der Waals surface area (Å²) in [7, 11) is 1.40. The number of hydrazone groups is 1. The molecule has 0 radical (unpaired) electrons. The first kappa shape index (κ1) is 43.1. The highest BCUT2D eigenvalue weighted by Gasteiger charge is 2.50. The molecule has 0 aliphatic carbocycles. The molecule has 56 heavy (non-hydrogen) atoms. The molecule has 2 aromatic carbocycles. The second kappa shape index (κ2) is 17.0. The zero-order chi connectivity index (χ0) is 42.0. The van der Waals surface area contributed by atoms with Crippen molar-refractivity contribution >= 4 is 46.4 Å². The number of ether oxygens (including phenoxy) is 4. The molecule has 5 bridgehead atoms. The summed E-state index contributed by atoms with van der Waals surface area (Å²) in [4.78, 5) is 51.4. The Morgan fingerprint density at radius 2 is 1.64 bits per heavy atom. The molecule has 9 atom stereocenters. The van der Waals surface area contributed by atoms with E-state index < -0.39 is 106 Å². The minimum absolute atomic E-state index is 0.0154. The van der Waals surface area contributed by atoms with E-state index in [1.54, 1.807) is 33.8 Å². The number of allylic oxidation sites excluding steroid dienone is 2. The number of Topliss-reactive ketones (excluding diaryl/α,β-unsaturated/α-hetero) is 1. The molecule has 0 aromatic heterocycles. The van der Waals surface area contributed by atoms with Crippen molar-refractivity contribution in [3.63, 3.8) is 0 Å². The molecule has 2 aromatic rings. The molecule has 0 saturated heterocycles. The number of esters is 1. The van der Waals surface area contributed by atoms with E-state index in [1.807, 2.05) is 5.43 Å². The first-order chi connectivity index (χ1) is 26.2. The molecule has 17 nitrogen and oxygen atoms in total. The smallest absolute Gasteiger partial charge is 0.332 e. The van der Waals surface area contributed by atoms with Gasteiger partial charge in [-0.25, -0.2) is 10.2 Å². The highest BCUT2D eigenvalue weighted by atomic mass is 16.7. The number of anilines is 1. The summed E-state index contributed by atoms with van der Waals surface area (Å²) < 4.78 is 23.3. The van der Waals surface area contributed by atoms with E-state index in [9.17, 15) is 44.7 Å². The number of aliphatic hydroxyl groups excluding tert-OH is 2. The zero-order valence-corrected chi connectivity index (χ0v) is 32.6. The van der Waals surface area contributed by atoms with Gasteiger partial charge in [0.15, 0.2) is 5.75 Å². The van der Waals surface area contributed by atoms with Crippen LogP contribution in [0.1, 0.15) is 70.0 Å². The Labute approximate surface area is 323 Å². The number of nitrogens with zero attached hydrogens (tertiary/aromatic N) is 1. The van der Waals surface area contributed by atoms with Gasteiger partial charge in [-0.3, -0.25) is 14.4 Å². The summed E-state index contributed by atoms with van der Waals surface area (Å²) >= 11 is 0. The molecular formula is C39H50N4O13. The predicted octanol–water partition coefficient (Wildman–Crippen LogP) is 3.76. The lowest BCUT2D eigenvalue weighted by Crippen LogP contribution is -2.46. The predicted molar refractivity (Wildman–Crippen MR) is 204 cm³/mol. The van der Waals surface area contributed by atoms with Gasteiger partial charge in [-0.05, 0) is 19.9 Å². The second-order valence-electron chi connectivity index (χ2n) is 14.4. The van der Waals surface area contributed by atoms with Gasteiger partial charge in [-0.1, -0.05) is 45.9 Å². The van der Waals surface area contributed by atoms with E-state index in [1.165, 1.54) is 53.0 Å². The van der Waals surface area contributed by atoms with E-state index in [-0.39, 0.29) is 33.4 Å². The van der Waals surface area contributed by atoms with E-state index >= 15 is 0 Å². The molecule has 0 fully saturated rings. The minimum Gasteiger partial charge on any atom is -0.507 e. The van der Waals surface area contributed by atoms with Crippen molar-refractivity contribution in [3.05, 3.63) is 52.8 Å². The molecule has 9 N–H and O–H groups in total. The SMILES string of the molecule is COC1C=COC2(C)Oc3c(C)c(O)c4c(O)c(c(C=NNC(N)=O)c(O)c4c3C2=O)NC(=O)C(C)=CC=CC(C)C(O)C(C)C(O)C(C)C(OC(C)=O)C1C. The van der Waals surface area contributed by atoms with Crippen molar-refractivity contribution in [2.75, 3.05) is 12.4 Å². The minimum atomic E-state index is -2.10. The normalized spacial score (nSPS) is 28.9. The maximum Gasteiger partial charge on any atom is 0.332 e. The standard InChI is InChI=1S/C39H50N4O13/c1-16-11-10-12-17(2)37(51)42-28-23(15-41-43-38(40)52)32(48)25-26(33(28)49)31(47)21(6)35-27(25)36(50)39(8,56-35)54-14-13-24(53-9)18(3)34(55-22(7)44)20(5)30(46)19(4)29(16)45/h10-16,18-20,24,29-30,34,45-49H,1-9H3,(H,42,51)(H3,40,43,52). The Morgan fingerprint density at radius 3 is 2.25 bits per heavy atom. The first-order valence-corrected chi connectivity index (χ1v) is 17.8. The quantitative estimate of drug-likeness (QED) is 0.0723. The third kappa shape index (κ3) is 8.29. The number of urea groups is 1. The number of methoxy groups -OCH3 is 1. The van der Waals surface area contributed by atoms with Crippen LogP contribution >= 0.6 is 0 Å². The lowest BCUT2D eigenvalue weighted by Gasteiger charge is -2.38. The number of benzene rings is 2. The lowest BCUT2D eigenvalue weighted by molar-refractivity contribution is -0.160. The topological polar surface area (TPSA) is 269 Å². The van der Waals surface area contributed by atoms with Gasteiger partial charge in [0.25, 0.3) is 11.7 Å². The van der Waals surface area contributed by atoms with Gasteiger partial charge in [0.05, 0.1) is 53.0 Å². The number of ketones is 1. The van der Waals surface area contributed by atoms with Gasteiger partial charge >= 0.3 is 17.8 Å². The van der Waals surface area contributed by atoms with Gasteiger partial charge in [-0.2, -0.15) is 5.10 Å². The number of phenols is 3. The Bertz CT molecular complexity index is 2030. The lowest BCUT2D eigenvalue weighted by atomic mass is 9.78. The van der Waals surface area contributed by atoms with Crippen LogP contribution in [0.25, 0.3) is 10.8 Å². The number of aromatic hydroxyl groups is 3. The summed E-state index contributed by atoms with van der Waals surface area (Å²) in [6.45, 7) is 12.2. The van der Waals surface area contributed by atoms with Gasteiger partial charge in [-0.15, -0.1) is 0 Å². The molecule has 3 heterocycles. The largest absolute Gasteiger partial charge is 0.507 e. The number of amides is 3. The Hall–Kier alpha value is -5.65. The summed E-state index contributed by atoms with van der Waals surface area (Å²) in [5, 5.41) is 62.9. The molecule has 0 spiro atoms. The van der Waals surface area contributed by atoms with Crippen molar-refractivity contribution in [3.8, 4) is 23.0 Å². The second-order valence-corrected chi connectivity index (χ2v) is 14.4. The summed E-state index contributed by atoms with van der Waals surface area (Å²) in [6, 6.07) is -1.07. The van der Waals surface area contributed by atoms with Gasteiger partial charge in [0.1, 0.15) is 23.4 Å². The Morgan fingerprint density at radius 1 is 0.982 bits per heavy atom. The van der Waals surface area contributed by atoms with Crippen LogP contribution in [0, 0.1) is 30.6 Å². The van der Waals surface area contributed by atoms with Gasteiger partial charge < -0.3 is 55.5 Å². The van der Waals surface area contributed by atoms with Crippen molar-refractivity contribution in [1.82, 2.24) is 5.43 Å². The van der Waals surface area contributed by atoms with E-state index in [0.29, 0.717) is 0 Å². The number of nitrogens with one attached hydrogen (secondary N) is 2. The van der Waals surface area contributed by atoms with E-state index in [0.717, 1.165) is 12.5 Å². The number of aliphatic hydroxyl groups is 2. The first-order valence-electron chi connectivity index (χ1n) is 17.8. The number of phenolic OH excluding ortho intramolecular Hbond substituents is 3. The third-order valence-corrected chi connectivity index (χ3v) is 10.4. The molecular weight excluding hydrogens is 732 g/mol. The molecule has 3 aliphatic heterocycles. The fraction of sp³-hybridized carbons (Fsp3) is 0.462. The number of hydrogen-bond donors (Lipinski definition) is 8. The number of fused-ring (bicyclic) bond motifs is 14. The molecule has 5 rings (SSSR count). The van der Waals surface area contributed by atoms with Crippen LogP contribution in [-0.2, 0) is 23.8 Å². The highest BCUT2D eigenvalue weighted by molar-refractivity contribution is 6.23. The number of primary amides is 1. The van der Waals surface area contributed by atoms with Crippen molar-refractivity contribution in [2.45, 2.75) is 85.6 Å².